The Bertz CT molecular complexity index is 382. The lowest BCUT2D eigenvalue weighted by atomic mass is 10.0. The van der Waals surface area contributed by atoms with Gasteiger partial charge in [0, 0.05) is 30.4 Å². The van der Waals surface area contributed by atoms with Gasteiger partial charge in [-0.1, -0.05) is 18.9 Å². The van der Waals surface area contributed by atoms with Gasteiger partial charge in [0.1, 0.15) is 5.82 Å². The van der Waals surface area contributed by atoms with Gasteiger partial charge in [-0.2, -0.15) is 0 Å². The van der Waals surface area contributed by atoms with Crippen molar-refractivity contribution in [2.24, 2.45) is 5.73 Å². The van der Waals surface area contributed by atoms with Gasteiger partial charge >= 0.3 is 0 Å². The number of hydrogen-bond donors (Lipinski definition) is 1. The number of hydrogen-bond acceptors (Lipinski definition) is 2. The highest BCUT2D eigenvalue weighted by molar-refractivity contribution is 5.54. The van der Waals surface area contributed by atoms with Gasteiger partial charge in [-0.25, -0.2) is 4.39 Å². The summed E-state index contributed by atoms with van der Waals surface area (Å²) in [6.45, 7) is 4.00. The fraction of sp³-hybridized carbons (Fsp3) is 0.600. The standard InChI is InChI=1S/C15H23FN2/c1-12(17)11-13-14(16)7-6-8-15(13)18-9-4-2-3-5-10-18/h6-8,12H,2-5,9-11,17H2,1H3. The molecule has 1 aromatic rings. The summed E-state index contributed by atoms with van der Waals surface area (Å²) in [7, 11) is 0. The molecular formula is C15H23FN2. The number of rotatable bonds is 3. The highest BCUT2D eigenvalue weighted by atomic mass is 19.1. The fourth-order valence-electron chi connectivity index (χ4n) is 2.68. The maximum atomic E-state index is 14.0. The van der Waals surface area contributed by atoms with E-state index in [9.17, 15) is 4.39 Å². The summed E-state index contributed by atoms with van der Waals surface area (Å²) >= 11 is 0. The average Bonchev–Trinajstić information content (AvgIpc) is 2.60. The van der Waals surface area contributed by atoms with Crippen molar-refractivity contribution in [3.63, 3.8) is 0 Å². The zero-order valence-corrected chi connectivity index (χ0v) is 11.2. The third-order valence-corrected chi connectivity index (χ3v) is 3.57. The van der Waals surface area contributed by atoms with Crippen LogP contribution in [0.25, 0.3) is 0 Å². The molecule has 2 rings (SSSR count). The monoisotopic (exact) mass is 250 g/mol. The second kappa shape index (κ2) is 6.19. The molecule has 0 radical (unpaired) electrons. The lowest BCUT2D eigenvalue weighted by molar-refractivity contribution is 0.593. The summed E-state index contributed by atoms with van der Waals surface area (Å²) in [6, 6.07) is 5.37. The Balaban J connectivity index is 2.27. The highest BCUT2D eigenvalue weighted by Gasteiger charge is 2.16. The van der Waals surface area contributed by atoms with E-state index < -0.39 is 0 Å². The molecule has 0 aromatic heterocycles. The zero-order valence-electron chi connectivity index (χ0n) is 11.2. The van der Waals surface area contributed by atoms with Crippen LogP contribution in [-0.4, -0.2) is 19.1 Å². The molecule has 0 amide bonds. The lowest BCUT2D eigenvalue weighted by Crippen LogP contribution is -2.27. The molecule has 0 spiro atoms. The molecule has 1 fully saturated rings. The summed E-state index contributed by atoms with van der Waals surface area (Å²) < 4.78 is 14.0. The Morgan fingerprint density at radius 2 is 1.89 bits per heavy atom. The molecule has 0 bridgehead atoms. The smallest absolute Gasteiger partial charge is 0.128 e. The Kier molecular flexibility index (Phi) is 4.59. The van der Waals surface area contributed by atoms with E-state index >= 15 is 0 Å². The third kappa shape index (κ3) is 3.22. The van der Waals surface area contributed by atoms with E-state index in [2.05, 4.69) is 4.90 Å². The Labute approximate surface area is 109 Å². The van der Waals surface area contributed by atoms with E-state index in [1.165, 1.54) is 25.7 Å². The van der Waals surface area contributed by atoms with Crippen molar-refractivity contribution in [3.05, 3.63) is 29.6 Å². The van der Waals surface area contributed by atoms with Crippen LogP contribution >= 0.6 is 0 Å². The molecule has 2 nitrogen and oxygen atoms in total. The number of nitrogens with two attached hydrogens (primary N) is 1. The first-order chi connectivity index (χ1) is 8.68. The normalized spacial score (nSPS) is 18.5. The van der Waals surface area contributed by atoms with E-state index in [1.54, 1.807) is 12.1 Å². The second-order valence-electron chi connectivity index (χ2n) is 5.32. The number of halogens is 1. The molecule has 1 aliphatic rings. The number of anilines is 1. The van der Waals surface area contributed by atoms with Gasteiger partial charge in [0.05, 0.1) is 0 Å². The molecule has 2 N–H and O–H groups in total. The lowest BCUT2D eigenvalue weighted by Gasteiger charge is -2.26. The van der Waals surface area contributed by atoms with Gasteiger partial charge < -0.3 is 10.6 Å². The predicted octanol–water partition coefficient (Wildman–Crippen LogP) is 3.10. The topological polar surface area (TPSA) is 29.3 Å². The van der Waals surface area contributed by atoms with Crippen molar-refractivity contribution in [2.75, 3.05) is 18.0 Å². The molecule has 1 aliphatic heterocycles. The third-order valence-electron chi connectivity index (χ3n) is 3.57. The minimum atomic E-state index is -0.117. The maximum Gasteiger partial charge on any atom is 0.128 e. The van der Waals surface area contributed by atoms with Crippen LogP contribution in [0.2, 0.25) is 0 Å². The van der Waals surface area contributed by atoms with Crippen molar-refractivity contribution in [1.82, 2.24) is 0 Å². The predicted molar refractivity (Wildman–Crippen MR) is 74.4 cm³/mol. The summed E-state index contributed by atoms with van der Waals surface area (Å²) in [6.07, 6.45) is 5.59. The van der Waals surface area contributed by atoms with Crippen LogP contribution in [0, 0.1) is 5.82 Å². The van der Waals surface area contributed by atoms with Crippen LogP contribution in [0.5, 0.6) is 0 Å². The van der Waals surface area contributed by atoms with Gasteiger partial charge in [-0.05, 0) is 38.3 Å². The fourth-order valence-corrected chi connectivity index (χ4v) is 2.68. The van der Waals surface area contributed by atoms with E-state index in [0.717, 1.165) is 24.3 Å². The van der Waals surface area contributed by atoms with Crippen molar-refractivity contribution in [1.29, 1.82) is 0 Å². The highest BCUT2D eigenvalue weighted by Crippen LogP contribution is 2.26. The minimum Gasteiger partial charge on any atom is -0.371 e. The van der Waals surface area contributed by atoms with Gasteiger partial charge in [0.2, 0.25) is 0 Å². The Hall–Kier alpha value is -1.09. The molecule has 1 unspecified atom stereocenters. The summed E-state index contributed by atoms with van der Waals surface area (Å²) in [5.41, 5.74) is 7.67. The minimum absolute atomic E-state index is 0.00683. The van der Waals surface area contributed by atoms with Crippen LogP contribution in [0.15, 0.2) is 18.2 Å². The van der Waals surface area contributed by atoms with E-state index in [4.69, 9.17) is 5.73 Å². The molecule has 0 aliphatic carbocycles. The van der Waals surface area contributed by atoms with Gasteiger partial charge in [0.15, 0.2) is 0 Å². The Morgan fingerprint density at radius 3 is 2.50 bits per heavy atom. The summed E-state index contributed by atoms with van der Waals surface area (Å²) in [5, 5.41) is 0. The molecule has 1 saturated heterocycles. The zero-order chi connectivity index (χ0) is 13.0. The molecule has 100 valence electrons. The van der Waals surface area contributed by atoms with E-state index in [0.29, 0.717) is 6.42 Å². The van der Waals surface area contributed by atoms with E-state index in [-0.39, 0.29) is 11.9 Å². The molecule has 0 saturated carbocycles. The summed E-state index contributed by atoms with van der Waals surface area (Å²) in [4.78, 5) is 2.33. The van der Waals surface area contributed by atoms with Gasteiger partial charge in [-0.3, -0.25) is 0 Å². The van der Waals surface area contributed by atoms with Crippen molar-refractivity contribution < 1.29 is 4.39 Å². The van der Waals surface area contributed by atoms with Crippen molar-refractivity contribution in [3.8, 4) is 0 Å². The molecule has 18 heavy (non-hydrogen) atoms. The van der Waals surface area contributed by atoms with Crippen LogP contribution in [0.3, 0.4) is 0 Å². The molecule has 1 aromatic carbocycles. The first-order valence-electron chi connectivity index (χ1n) is 6.96. The summed E-state index contributed by atoms with van der Waals surface area (Å²) in [5.74, 6) is -0.117. The van der Waals surface area contributed by atoms with Crippen LogP contribution < -0.4 is 10.6 Å². The van der Waals surface area contributed by atoms with Crippen LogP contribution in [0.1, 0.15) is 38.2 Å². The molecular weight excluding hydrogens is 227 g/mol. The maximum absolute atomic E-state index is 14.0. The quantitative estimate of drug-likeness (QED) is 0.893. The second-order valence-corrected chi connectivity index (χ2v) is 5.32. The first kappa shape index (κ1) is 13.3. The largest absolute Gasteiger partial charge is 0.371 e. The van der Waals surface area contributed by atoms with Crippen molar-refractivity contribution >= 4 is 5.69 Å². The SMILES string of the molecule is CC(N)Cc1c(F)cccc1N1CCCCCC1. The van der Waals surface area contributed by atoms with Crippen LogP contribution in [-0.2, 0) is 6.42 Å². The van der Waals surface area contributed by atoms with Crippen molar-refractivity contribution in [2.45, 2.75) is 45.1 Å². The van der Waals surface area contributed by atoms with E-state index in [1.807, 2.05) is 13.0 Å². The van der Waals surface area contributed by atoms with Gasteiger partial charge in [-0.15, -0.1) is 0 Å². The number of benzene rings is 1. The first-order valence-corrected chi connectivity index (χ1v) is 6.96. The average molecular weight is 250 g/mol. The molecule has 3 heteroatoms. The van der Waals surface area contributed by atoms with Crippen LogP contribution in [0.4, 0.5) is 10.1 Å². The number of nitrogens with zero attached hydrogens (tertiary/aromatic N) is 1. The van der Waals surface area contributed by atoms with Gasteiger partial charge in [0.25, 0.3) is 0 Å². The Morgan fingerprint density at radius 1 is 1.22 bits per heavy atom. The molecule has 1 heterocycles. The molecule has 1 atom stereocenters.